The molecule has 1 N–H and O–H groups in total. The summed E-state index contributed by atoms with van der Waals surface area (Å²) in [4.78, 5) is 25.7. The molecule has 1 aliphatic heterocycles. The number of nitrogens with zero attached hydrogens (tertiary/aromatic N) is 2. The molecule has 6 nitrogen and oxygen atoms in total. The molecule has 1 fully saturated rings. The van der Waals surface area contributed by atoms with E-state index in [1.54, 1.807) is 36.1 Å². The van der Waals surface area contributed by atoms with Gasteiger partial charge in [-0.1, -0.05) is 6.07 Å². The maximum absolute atomic E-state index is 12.5. The molecule has 0 spiro atoms. The van der Waals surface area contributed by atoms with Gasteiger partial charge in [0, 0.05) is 24.7 Å². The van der Waals surface area contributed by atoms with Crippen LogP contribution in [-0.4, -0.2) is 42.6 Å². The molecule has 1 saturated heterocycles. The van der Waals surface area contributed by atoms with Crippen molar-refractivity contribution in [3.05, 3.63) is 35.4 Å². The summed E-state index contributed by atoms with van der Waals surface area (Å²) in [5.74, 6) is -0.118. The van der Waals surface area contributed by atoms with Gasteiger partial charge in [-0.05, 0) is 38.0 Å². The number of carbonyl (C=O) groups excluding carboxylic acids is 2. The second-order valence-electron chi connectivity index (χ2n) is 5.15. The molecule has 2 rings (SSSR count). The fourth-order valence-electron chi connectivity index (χ4n) is 2.52. The van der Waals surface area contributed by atoms with E-state index in [4.69, 9.17) is 10.00 Å². The van der Waals surface area contributed by atoms with Crippen molar-refractivity contribution >= 4 is 12.0 Å². The first-order chi connectivity index (χ1) is 10.6. The van der Waals surface area contributed by atoms with Crippen LogP contribution in [0.1, 0.15) is 35.7 Å². The maximum atomic E-state index is 12.5. The Balaban J connectivity index is 2.00. The number of benzene rings is 1. The van der Waals surface area contributed by atoms with Gasteiger partial charge < -0.3 is 15.0 Å². The lowest BCUT2D eigenvalue weighted by molar-refractivity contribution is 0.0686. The number of hydrogen-bond donors (Lipinski definition) is 1. The van der Waals surface area contributed by atoms with Crippen LogP contribution < -0.4 is 5.32 Å². The Kier molecular flexibility index (Phi) is 5.37. The van der Waals surface area contributed by atoms with E-state index in [-0.39, 0.29) is 11.9 Å². The number of amides is 2. The predicted octanol–water partition coefficient (Wildman–Crippen LogP) is 1.91. The van der Waals surface area contributed by atoms with Gasteiger partial charge in [-0.15, -0.1) is 0 Å². The molecule has 0 unspecified atom stereocenters. The first-order valence-electron chi connectivity index (χ1n) is 7.36. The molecule has 0 aromatic heterocycles. The van der Waals surface area contributed by atoms with E-state index >= 15 is 0 Å². The van der Waals surface area contributed by atoms with Crippen LogP contribution in [0.2, 0.25) is 0 Å². The number of carbonyl (C=O) groups is 2. The van der Waals surface area contributed by atoms with Gasteiger partial charge in [-0.2, -0.15) is 5.26 Å². The molecule has 0 bridgehead atoms. The number of hydrogen-bond acceptors (Lipinski definition) is 4. The summed E-state index contributed by atoms with van der Waals surface area (Å²) in [6.45, 7) is 3.17. The van der Waals surface area contributed by atoms with E-state index in [2.05, 4.69) is 5.32 Å². The summed E-state index contributed by atoms with van der Waals surface area (Å²) >= 11 is 0. The molecule has 0 saturated carbocycles. The van der Waals surface area contributed by atoms with Crippen molar-refractivity contribution in [2.75, 3.05) is 19.7 Å². The fraction of sp³-hybridized carbons (Fsp3) is 0.438. The molecule has 6 heteroatoms. The van der Waals surface area contributed by atoms with Gasteiger partial charge >= 0.3 is 6.09 Å². The molecule has 0 radical (unpaired) electrons. The molecule has 22 heavy (non-hydrogen) atoms. The third-order valence-electron chi connectivity index (χ3n) is 3.54. The van der Waals surface area contributed by atoms with Crippen LogP contribution in [0.5, 0.6) is 0 Å². The molecule has 116 valence electrons. The summed E-state index contributed by atoms with van der Waals surface area (Å²) in [5.41, 5.74) is 0.958. The summed E-state index contributed by atoms with van der Waals surface area (Å²) in [6, 6.07) is 8.58. The lowest BCUT2D eigenvalue weighted by Gasteiger charge is -2.33. The van der Waals surface area contributed by atoms with Gasteiger partial charge in [-0.3, -0.25) is 4.79 Å². The van der Waals surface area contributed by atoms with Crippen molar-refractivity contribution in [2.45, 2.75) is 25.8 Å². The van der Waals surface area contributed by atoms with E-state index in [0.29, 0.717) is 30.8 Å². The topological polar surface area (TPSA) is 82.4 Å². The second-order valence-corrected chi connectivity index (χ2v) is 5.15. The lowest BCUT2D eigenvalue weighted by Crippen LogP contribution is -2.49. The fourth-order valence-corrected chi connectivity index (χ4v) is 2.52. The van der Waals surface area contributed by atoms with E-state index in [0.717, 1.165) is 12.8 Å². The number of piperidine rings is 1. The second kappa shape index (κ2) is 7.46. The van der Waals surface area contributed by atoms with Gasteiger partial charge in [0.2, 0.25) is 0 Å². The Morgan fingerprint density at radius 1 is 1.50 bits per heavy atom. The summed E-state index contributed by atoms with van der Waals surface area (Å²) in [6.07, 6.45) is 1.19. The minimum Gasteiger partial charge on any atom is -0.450 e. The van der Waals surface area contributed by atoms with Crippen LogP contribution >= 0.6 is 0 Å². The van der Waals surface area contributed by atoms with Crippen LogP contribution in [0.3, 0.4) is 0 Å². The third-order valence-corrected chi connectivity index (χ3v) is 3.54. The molecule has 1 aliphatic rings. The summed E-state index contributed by atoms with van der Waals surface area (Å²) in [5, 5.41) is 11.7. The zero-order valence-electron chi connectivity index (χ0n) is 12.5. The molecule has 1 aromatic carbocycles. The SMILES string of the molecule is CCOC(=O)N[C@H]1CCCN(C(=O)c2cccc(C#N)c2)C1. The quantitative estimate of drug-likeness (QED) is 0.924. The van der Waals surface area contributed by atoms with Crippen molar-refractivity contribution in [2.24, 2.45) is 0 Å². The van der Waals surface area contributed by atoms with Gasteiger partial charge in [0.15, 0.2) is 0 Å². The van der Waals surface area contributed by atoms with Crippen LogP contribution in [0.15, 0.2) is 24.3 Å². The van der Waals surface area contributed by atoms with Crippen molar-refractivity contribution < 1.29 is 14.3 Å². The first kappa shape index (κ1) is 15.8. The number of nitriles is 1. The Labute approximate surface area is 129 Å². The Hall–Kier alpha value is -2.55. The third kappa shape index (κ3) is 3.98. The molecular formula is C16H19N3O3. The normalized spacial score (nSPS) is 17.5. The Bertz CT molecular complexity index is 595. The highest BCUT2D eigenvalue weighted by Gasteiger charge is 2.25. The smallest absolute Gasteiger partial charge is 0.407 e. The van der Waals surface area contributed by atoms with Crippen molar-refractivity contribution in [1.82, 2.24) is 10.2 Å². The molecule has 2 amide bonds. The van der Waals surface area contributed by atoms with Crippen LogP contribution in [-0.2, 0) is 4.74 Å². The van der Waals surface area contributed by atoms with E-state index in [1.165, 1.54) is 0 Å². The van der Waals surface area contributed by atoms with Crippen molar-refractivity contribution in [3.8, 4) is 6.07 Å². The first-order valence-corrected chi connectivity index (χ1v) is 7.36. The van der Waals surface area contributed by atoms with Gasteiger partial charge in [0.1, 0.15) is 0 Å². The number of alkyl carbamates (subject to hydrolysis) is 1. The molecule has 1 aromatic rings. The zero-order valence-corrected chi connectivity index (χ0v) is 12.5. The van der Waals surface area contributed by atoms with E-state index < -0.39 is 6.09 Å². The molecule has 1 heterocycles. The number of nitrogens with one attached hydrogen (secondary N) is 1. The predicted molar refractivity (Wildman–Crippen MR) is 80.2 cm³/mol. The van der Waals surface area contributed by atoms with Gasteiger partial charge in [0.05, 0.1) is 18.2 Å². The summed E-state index contributed by atoms with van der Waals surface area (Å²) < 4.78 is 4.87. The Morgan fingerprint density at radius 2 is 2.32 bits per heavy atom. The van der Waals surface area contributed by atoms with Crippen molar-refractivity contribution in [1.29, 1.82) is 5.26 Å². The highest BCUT2D eigenvalue weighted by molar-refractivity contribution is 5.94. The minimum absolute atomic E-state index is 0.101. The van der Waals surface area contributed by atoms with Crippen LogP contribution in [0.4, 0.5) is 4.79 Å². The number of ether oxygens (including phenoxy) is 1. The minimum atomic E-state index is -0.451. The average molecular weight is 301 g/mol. The maximum Gasteiger partial charge on any atom is 0.407 e. The van der Waals surface area contributed by atoms with Gasteiger partial charge in [-0.25, -0.2) is 4.79 Å². The van der Waals surface area contributed by atoms with Crippen LogP contribution in [0, 0.1) is 11.3 Å². The highest BCUT2D eigenvalue weighted by Crippen LogP contribution is 2.15. The average Bonchev–Trinajstić information content (AvgIpc) is 2.54. The molecule has 0 aliphatic carbocycles. The monoisotopic (exact) mass is 301 g/mol. The zero-order chi connectivity index (χ0) is 15.9. The van der Waals surface area contributed by atoms with Crippen molar-refractivity contribution in [3.63, 3.8) is 0 Å². The van der Waals surface area contributed by atoms with E-state index in [1.807, 2.05) is 6.07 Å². The Morgan fingerprint density at radius 3 is 3.05 bits per heavy atom. The highest BCUT2D eigenvalue weighted by atomic mass is 16.5. The number of rotatable bonds is 3. The molecule has 1 atom stereocenters. The van der Waals surface area contributed by atoms with Gasteiger partial charge in [0.25, 0.3) is 5.91 Å². The summed E-state index contributed by atoms with van der Waals surface area (Å²) in [7, 11) is 0. The lowest BCUT2D eigenvalue weighted by atomic mass is 10.0. The largest absolute Gasteiger partial charge is 0.450 e. The van der Waals surface area contributed by atoms with Crippen LogP contribution in [0.25, 0.3) is 0 Å². The standard InChI is InChI=1S/C16H19N3O3/c1-2-22-16(21)18-14-7-4-8-19(11-14)15(20)13-6-3-5-12(9-13)10-17/h3,5-6,9,14H,2,4,7-8,11H2,1H3,(H,18,21)/t14-/m0/s1. The molecular weight excluding hydrogens is 282 g/mol. The van der Waals surface area contributed by atoms with E-state index in [9.17, 15) is 9.59 Å². The number of likely N-dealkylation sites (tertiary alicyclic amines) is 1.